The van der Waals surface area contributed by atoms with Crippen LogP contribution in [0.5, 0.6) is 0 Å². The van der Waals surface area contributed by atoms with Crippen LogP contribution >= 0.6 is 11.6 Å². The maximum absolute atomic E-state index is 12.2. The maximum atomic E-state index is 12.2. The molecule has 2 atom stereocenters. The van der Waals surface area contributed by atoms with E-state index in [4.69, 9.17) is 11.6 Å². The first kappa shape index (κ1) is 18.6. The van der Waals surface area contributed by atoms with Crippen molar-refractivity contribution < 1.29 is 4.79 Å². The standard InChI is InChI=1S/C21H26ClN3O/c1-15-4-3-13-25(14-15)20-11-5-17(6-12-20)16(2)23-21(26)24-19-9-7-18(22)8-10-19/h5-12,15-16H,3-4,13-14H2,1-2H3,(H2,23,24,26)/t15-,16+/m0/s1. The average molecular weight is 372 g/mol. The zero-order chi connectivity index (χ0) is 18.5. The molecule has 4 nitrogen and oxygen atoms in total. The Hall–Kier alpha value is -2.20. The summed E-state index contributed by atoms with van der Waals surface area (Å²) in [4.78, 5) is 14.6. The summed E-state index contributed by atoms with van der Waals surface area (Å²) < 4.78 is 0. The van der Waals surface area contributed by atoms with Gasteiger partial charge in [-0.25, -0.2) is 4.79 Å². The number of nitrogens with zero attached hydrogens (tertiary/aromatic N) is 1. The molecular formula is C21H26ClN3O. The van der Waals surface area contributed by atoms with Crippen LogP contribution in [0.25, 0.3) is 0 Å². The predicted octanol–water partition coefficient (Wildman–Crippen LogP) is 5.46. The van der Waals surface area contributed by atoms with E-state index in [2.05, 4.69) is 46.7 Å². The number of urea groups is 1. The number of carbonyl (C=O) groups excluding carboxylic acids is 1. The van der Waals surface area contributed by atoms with E-state index in [0.29, 0.717) is 10.7 Å². The van der Waals surface area contributed by atoms with Gasteiger partial charge < -0.3 is 15.5 Å². The van der Waals surface area contributed by atoms with Gasteiger partial charge in [-0.1, -0.05) is 30.7 Å². The molecule has 0 radical (unpaired) electrons. The number of hydrogen-bond donors (Lipinski definition) is 2. The van der Waals surface area contributed by atoms with Gasteiger partial charge in [0.15, 0.2) is 0 Å². The van der Waals surface area contributed by atoms with Crippen molar-refractivity contribution in [2.45, 2.75) is 32.7 Å². The topological polar surface area (TPSA) is 44.4 Å². The smallest absolute Gasteiger partial charge is 0.319 e. The highest BCUT2D eigenvalue weighted by molar-refractivity contribution is 6.30. The lowest BCUT2D eigenvalue weighted by Crippen LogP contribution is -2.34. The van der Waals surface area contributed by atoms with Gasteiger partial charge >= 0.3 is 6.03 Å². The number of piperidine rings is 1. The largest absolute Gasteiger partial charge is 0.371 e. The minimum Gasteiger partial charge on any atom is -0.371 e. The van der Waals surface area contributed by atoms with Crippen LogP contribution in [0.1, 0.15) is 38.3 Å². The zero-order valence-electron chi connectivity index (χ0n) is 15.3. The molecule has 26 heavy (non-hydrogen) atoms. The molecule has 1 saturated heterocycles. The monoisotopic (exact) mass is 371 g/mol. The Labute approximate surface area is 160 Å². The van der Waals surface area contributed by atoms with Crippen LogP contribution in [0.15, 0.2) is 48.5 Å². The quantitative estimate of drug-likeness (QED) is 0.749. The number of anilines is 2. The Morgan fingerprint density at radius 2 is 1.85 bits per heavy atom. The number of rotatable bonds is 4. The Morgan fingerprint density at radius 1 is 1.15 bits per heavy atom. The molecule has 2 amide bonds. The van der Waals surface area contributed by atoms with E-state index in [1.807, 2.05) is 6.92 Å². The SMILES string of the molecule is C[C@H]1CCCN(c2ccc([C@@H](C)NC(=O)Nc3ccc(Cl)cc3)cc2)C1. The van der Waals surface area contributed by atoms with Crippen LogP contribution in [0.2, 0.25) is 5.02 Å². The summed E-state index contributed by atoms with van der Waals surface area (Å²) in [6.07, 6.45) is 2.57. The molecule has 0 aliphatic carbocycles. The molecule has 0 unspecified atom stereocenters. The highest BCUT2D eigenvalue weighted by atomic mass is 35.5. The van der Waals surface area contributed by atoms with Crippen LogP contribution in [-0.4, -0.2) is 19.1 Å². The summed E-state index contributed by atoms with van der Waals surface area (Å²) in [7, 11) is 0. The first-order valence-electron chi connectivity index (χ1n) is 9.19. The lowest BCUT2D eigenvalue weighted by molar-refractivity contribution is 0.249. The molecule has 0 spiro atoms. The van der Waals surface area contributed by atoms with E-state index in [0.717, 1.165) is 24.6 Å². The van der Waals surface area contributed by atoms with Gasteiger partial charge in [0.25, 0.3) is 0 Å². The van der Waals surface area contributed by atoms with Gasteiger partial charge in [0, 0.05) is 29.5 Å². The van der Waals surface area contributed by atoms with Crippen molar-refractivity contribution in [1.82, 2.24) is 5.32 Å². The molecule has 1 aliphatic rings. The van der Waals surface area contributed by atoms with Crippen molar-refractivity contribution in [3.05, 3.63) is 59.1 Å². The average Bonchev–Trinajstić information content (AvgIpc) is 2.64. The summed E-state index contributed by atoms with van der Waals surface area (Å²) in [5, 5.41) is 6.44. The fraction of sp³-hybridized carbons (Fsp3) is 0.381. The van der Waals surface area contributed by atoms with E-state index < -0.39 is 0 Å². The summed E-state index contributed by atoms with van der Waals surface area (Å²) >= 11 is 5.86. The van der Waals surface area contributed by atoms with Gasteiger partial charge in [0.1, 0.15) is 0 Å². The van der Waals surface area contributed by atoms with E-state index >= 15 is 0 Å². The predicted molar refractivity (Wildman–Crippen MR) is 109 cm³/mol. The van der Waals surface area contributed by atoms with Crippen molar-refractivity contribution in [3.8, 4) is 0 Å². The minimum absolute atomic E-state index is 0.0726. The Balaban J connectivity index is 1.56. The molecule has 2 aromatic rings. The lowest BCUT2D eigenvalue weighted by Gasteiger charge is -2.33. The zero-order valence-corrected chi connectivity index (χ0v) is 16.1. The molecule has 0 aromatic heterocycles. The molecule has 2 N–H and O–H groups in total. The van der Waals surface area contributed by atoms with Crippen LogP contribution < -0.4 is 15.5 Å². The molecule has 2 aromatic carbocycles. The van der Waals surface area contributed by atoms with Crippen LogP contribution in [0, 0.1) is 5.92 Å². The van der Waals surface area contributed by atoms with Crippen molar-refractivity contribution in [3.63, 3.8) is 0 Å². The van der Waals surface area contributed by atoms with Crippen LogP contribution in [-0.2, 0) is 0 Å². The maximum Gasteiger partial charge on any atom is 0.319 e. The molecule has 1 fully saturated rings. The van der Waals surface area contributed by atoms with Crippen molar-refractivity contribution in [2.75, 3.05) is 23.3 Å². The number of halogens is 1. The van der Waals surface area contributed by atoms with Crippen molar-refractivity contribution >= 4 is 29.0 Å². The van der Waals surface area contributed by atoms with E-state index in [-0.39, 0.29) is 12.1 Å². The summed E-state index contributed by atoms with van der Waals surface area (Å²) in [5.41, 5.74) is 3.07. The van der Waals surface area contributed by atoms with E-state index in [1.165, 1.54) is 18.5 Å². The summed E-state index contributed by atoms with van der Waals surface area (Å²) in [6, 6.07) is 15.3. The number of nitrogens with one attached hydrogen (secondary N) is 2. The van der Waals surface area contributed by atoms with Gasteiger partial charge in [-0.3, -0.25) is 0 Å². The molecule has 0 saturated carbocycles. The molecule has 3 rings (SSSR count). The van der Waals surface area contributed by atoms with Crippen LogP contribution in [0.3, 0.4) is 0 Å². The second kappa shape index (κ2) is 8.45. The van der Waals surface area contributed by atoms with Crippen molar-refractivity contribution in [2.24, 2.45) is 5.92 Å². The fourth-order valence-corrected chi connectivity index (χ4v) is 3.50. The first-order chi connectivity index (χ1) is 12.5. The Kier molecular flexibility index (Phi) is 6.04. The van der Waals surface area contributed by atoms with Gasteiger partial charge in [-0.05, 0) is 67.6 Å². The Morgan fingerprint density at radius 3 is 2.50 bits per heavy atom. The molecule has 138 valence electrons. The number of carbonyl (C=O) groups is 1. The first-order valence-corrected chi connectivity index (χ1v) is 9.57. The number of hydrogen-bond acceptors (Lipinski definition) is 2. The molecule has 5 heteroatoms. The van der Waals surface area contributed by atoms with Gasteiger partial charge in [0.05, 0.1) is 6.04 Å². The lowest BCUT2D eigenvalue weighted by atomic mass is 9.99. The normalized spacial score (nSPS) is 18.3. The number of benzene rings is 2. The van der Waals surface area contributed by atoms with Gasteiger partial charge in [-0.15, -0.1) is 0 Å². The minimum atomic E-state index is -0.228. The third-order valence-corrected chi connectivity index (χ3v) is 5.12. The third kappa shape index (κ3) is 4.92. The summed E-state index contributed by atoms with van der Waals surface area (Å²) in [6.45, 7) is 6.54. The molecule has 1 aliphatic heterocycles. The fourth-order valence-electron chi connectivity index (χ4n) is 3.38. The van der Waals surface area contributed by atoms with Gasteiger partial charge in [0.2, 0.25) is 0 Å². The van der Waals surface area contributed by atoms with E-state index in [1.54, 1.807) is 24.3 Å². The van der Waals surface area contributed by atoms with E-state index in [9.17, 15) is 4.79 Å². The van der Waals surface area contributed by atoms with Crippen LogP contribution in [0.4, 0.5) is 16.2 Å². The summed E-state index contributed by atoms with van der Waals surface area (Å²) in [5.74, 6) is 0.751. The Bertz CT molecular complexity index is 730. The highest BCUT2D eigenvalue weighted by Gasteiger charge is 2.17. The highest BCUT2D eigenvalue weighted by Crippen LogP contribution is 2.24. The second-order valence-electron chi connectivity index (χ2n) is 7.11. The van der Waals surface area contributed by atoms with Crippen molar-refractivity contribution in [1.29, 1.82) is 0 Å². The van der Waals surface area contributed by atoms with Gasteiger partial charge in [-0.2, -0.15) is 0 Å². The molecule has 1 heterocycles. The molecule has 0 bridgehead atoms. The second-order valence-corrected chi connectivity index (χ2v) is 7.55. The molecular weight excluding hydrogens is 346 g/mol. The third-order valence-electron chi connectivity index (χ3n) is 4.86. The number of amides is 2.